The number of rotatable bonds is 10. The van der Waals surface area contributed by atoms with Crippen molar-refractivity contribution in [1.29, 1.82) is 0 Å². The Morgan fingerprint density at radius 1 is 0.571 bits per heavy atom. The first kappa shape index (κ1) is 30.8. The second-order valence-corrected chi connectivity index (χ2v) is 18.9. The summed E-state index contributed by atoms with van der Waals surface area (Å²) >= 11 is -0.723. The van der Waals surface area contributed by atoms with Crippen LogP contribution in [0.1, 0.15) is 128 Å². The van der Waals surface area contributed by atoms with Crippen molar-refractivity contribution in [2.45, 2.75) is 151 Å². The third-order valence-corrected chi connectivity index (χ3v) is 17.0. The van der Waals surface area contributed by atoms with Gasteiger partial charge in [-0.15, -0.1) is 28.9 Å². The van der Waals surface area contributed by atoms with Crippen LogP contribution in [0.25, 0.3) is 5.32 Å². The molecule has 4 fully saturated rings. The summed E-state index contributed by atoms with van der Waals surface area (Å²) in [6.07, 6.45) is 33.8. The van der Waals surface area contributed by atoms with Gasteiger partial charge in [0.2, 0.25) is 0 Å². The van der Waals surface area contributed by atoms with Crippen LogP contribution in [0, 0.1) is 0 Å². The topological polar surface area (TPSA) is 31.2 Å². The Balaban J connectivity index is 0.000000795. The second kappa shape index (κ2) is 19.4. The molecule has 0 atom stereocenters. The number of nitrogens with zero attached hydrogens (tertiary/aromatic N) is 1. The van der Waals surface area contributed by atoms with Crippen molar-refractivity contribution in [3.63, 3.8) is 0 Å². The normalized spacial score (nSPS) is 23.9. The van der Waals surface area contributed by atoms with Gasteiger partial charge in [0.15, 0.2) is 0 Å². The summed E-state index contributed by atoms with van der Waals surface area (Å²) in [6.45, 7) is 2.44. The second-order valence-electron chi connectivity index (χ2n) is 11.5. The van der Waals surface area contributed by atoms with Crippen molar-refractivity contribution in [2.75, 3.05) is 25.4 Å². The SMILES string of the molecule is C1CCC(P(CC[N-]CCP(C2CCCCC2)C2CCCCC2)C2CCCCC2)CC1.O=[C]=[RuH][Cl]. The Kier molecular flexibility index (Phi) is 17.1. The van der Waals surface area contributed by atoms with Crippen LogP contribution in [0.3, 0.4) is 0 Å². The number of hydrogen-bond donors (Lipinski definition) is 0. The standard InChI is InChI=1S/C28H52NP2.CO.ClH.Ru.H/c1-5-13-25(14-6-1)30(26-15-7-2-8-16-26)23-21-29-22-24-31(27-17-9-3-10-18-27)28-19-11-4-12-20-28;1-2;;;/h25-28H,1-24H2;;1H;;/q-1;;;+1;/p-1. The van der Waals surface area contributed by atoms with E-state index in [0.29, 0.717) is 0 Å². The molecule has 4 rings (SSSR count). The van der Waals surface area contributed by atoms with Crippen LogP contribution in [-0.4, -0.2) is 52.5 Å². The first-order valence-corrected chi connectivity index (χ1v) is 21.8. The molecule has 0 aliphatic heterocycles. The van der Waals surface area contributed by atoms with E-state index in [1.165, 1.54) is 102 Å². The molecule has 0 unspecified atom stereocenters. The average Bonchev–Trinajstić information content (AvgIpc) is 2.95. The summed E-state index contributed by atoms with van der Waals surface area (Å²) in [7, 11) is 5.39. The first-order chi connectivity index (χ1) is 17.3. The molecule has 0 aromatic carbocycles. The van der Waals surface area contributed by atoms with Gasteiger partial charge >= 0.3 is 34.6 Å². The van der Waals surface area contributed by atoms with E-state index in [2.05, 4.69) is 0 Å². The van der Waals surface area contributed by atoms with E-state index in [1.807, 2.05) is 0 Å². The van der Waals surface area contributed by atoms with Crippen LogP contribution in [-0.2, 0) is 20.5 Å². The molecule has 4 aliphatic carbocycles. The van der Waals surface area contributed by atoms with Gasteiger partial charge in [0.05, 0.1) is 0 Å². The maximum atomic E-state index is 8.97. The van der Waals surface area contributed by atoms with Crippen LogP contribution in [0.2, 0.25) is 0 Å². The van der Waals surface area contributed by atoms with Crippen LogP contribution in [0.4, 0.5) is 0 Å². The van der Waals surface area contributed by atoms with E-state index in [4.69, 9.17) is 19.8 Å². The third kappa shape index (κ3) is 11.5. The minimum absolute atomic E-state index is 0.258. The van der Waals surface area contributed by atoms with Crippen LogP contribution in [0.5, 0.6) is 0 Å². The summed E-state index contributed by atoms with van der Waals surface area (Å²) in [5.74, 6) is 0. The molecule has 0 spiro atoms. The van der Waals surface area contributed by atoms with Crippen LogP contribution >= 0.6 is 25.5 Å². The molecular weight excluding hydrogens is 577 g/mol. The maximum absolute atomic E-state index is 8.97. The Bertz CT molecular complexity index is 503. The molecule has 4 saturated carbocycles. The zero-order valence-electron chi connectivity index (χ0n) is 22.3. The molecule has 0 aromatic heterocycles. The van der Waals surface area contributed by atoms with Crippen LogP contribution < -0.4 is 0 Å². The summed E-state index contributed by atoms with van der Waals surface area (Å²) in [6, 6.07) is 0. The number of halogens is 1. The Morgan fingerprint density at radius 2 is 0.829 bits per heavy atom. The van der Waals surface area contributed by atoms with Gasteiger partial charge in [-0.25, -0.2) is 0 Å². The predicted octanol–water partition coefficient (Wildman–Crippen LogP) is 9.68. The summed E-state index contributed by atoms with van der Waals surface area (Å²) in [4.78, 5) is 8.97. The quantitative estimate of drug-likeness (QED) is 0.134. The van der Waals surface area contributed by atoms with Gasteiger partial charge in [-0.2, -0.15) is 0 Å². The van der Waals surface area contributed by atoms with E-state index < -0.39 is 15.7 Å². The monoisotopic (exact) mass is 630 g/mol. The molecule has 0 N–H and O–H groups in total. The minimum atomic E-state index is -0.723. The van der Waals surface area contributed by atoms with Gasteiger partial charge in [0.25, 0.3) is 0 Å². The zero-order valence-corrected chi connectivity index (χ0v) is 26.7. The molecule has 0 heterocycles. The van der Waals surface area contributed by atoms with Gasteiger partial charge in [-0.1, -0.05) is 89.4 Å². The van der Waals surface area contributed by atoms with E-state index in [1.54, 1.807) is 55.8 Å². The summed E-state index contributed by atoms with van der Waals surface area (Å²) < 4.78 is 1.56. The van der Waals surface area contributed by atoms with Gasteiger partial charge in [-0.3, -0.25) is 0 Å². The van der Waals surface area contributed by atoms with Crippen LogP contribution in [0.15, 0.2) is 0 Å². The van der Waals surface area contributed by atoms with Crippen molar-refractivity contribution in [1.82, 2.24) is 0 Å². The summed E-state index contributed by atoms with van der Waals surface area (Å²) in [5, 5.41) is 5.26. The Labute approximate surface area is 231 Å². The van der Waals surface area contributed by atoms with Crippen molar-refractivity contribution in [3.05, 3.63) is 5.32 Å². The average molecular weight is 630 g/mol. The van der Waals surface area contributed by atoms with Gasteiger partial charge in [-0.05, 0) is 74.0 Å². The molecule has 0 radical (unpaired) electrons. The van der Waals surface area contributed by atoms with E-state index in [0.717, 1.165) is 22.6 Å². The molecule has 2 nitrogen and oxygen atoms in total. The molecule has 0 aromatic rings. The summed E-state index contributed by atoms with van der Waals surface area (Å²) in [5.41, 5.74) is 4.46. The van der Waals surface area contributed by atoms with E-state index >= 15 is 0 Å². The molecule has 0 bridgehead atoms. The van der Waals surface area contributed by atoms with Gasteiger partial charge < -0.3 is 5.32 Å². The van der Waals surface area contributed by atoms with Gasteiger partial charge in [0.1, 0.15) is 0 Å². The van der Waals surface area contributed by atoms with Crippen molar-refractivity contribution in [3.8, 4) is 0 Å². The van der Waals surface area contributed by atoms with E-state index in [-0.39, 0.29) is 15.8 Å². The molecule has 4 aliphatic rings. The molecule has 6 heteroatoms. The first-order valence-electron chi connectivity index (χ1n) is 15.1. The molecular formula is C29H53ClNOP2Ru-. The fraction of sp³-hybridized carbons (Fsp3) is 0.966. The molecule has 206 valence electrons. The Hall–Kier alpha value is 1.31. The Morgan fingerprint density at radius 3 is 1.06 bits per heavy atom. The third-order valence-electron chi connectivity index (χ3n) is 9.24. The fourth-order valence-corrected chi connectivity index (χ4v) is 15.0. The fourth-order valence-electron chi connectivity index (χ4n) is 7.46. The van der Waals surface area contributed by atoms with Crippen molar-refractivity contribution in [2.24, 2.45) is 0 Å². The molecule has 0 amide bonds. The predicted molar refractivity (Wildman–Crippen MR) is 157 cm³/mol. The van der Waals surface area contributed by atoms with Crippen molar-refractivity contribution >= 4 is 30.0 Å². The van der Waals surface area contributed by atoms with Crippen molar-refractivity contribution < 1.29 is 20.5 Å². The van der Waals surface area contributed by atoms with Gasteiger partial charge in [0, 0.05) is 0 Å². The molecule has 0 saturated heterocycles. The zero-order chi connectivity index (χ0) is 24.6. The van der Waals surface area contributed by atoms with E-state index in [9.17, 15) is 0 Å². The number of carbonyl (C=O) groups excluding carboxylic acids is 1. The molecule has 35 heavy (non-hydrogen) atoms. The number of hydrogen-bond acceptors (Lipinski definition) is 1.